The highest BCUT2D eigenvalue weighted by Gasteiger charge is 2.30. The summed E-state index contributed by atoms with van der Waals surface area (Å²) in [6.07, 6.45) is 1.63. The lowest BCUT2D eigenvalue weighted by atomic mass is 9.85. The van der Waals surface area contributed by atoms with Crippen LogP contribution in [0.4, 0.5) is 16.2 Å². The van der Waals surface area contributed by atoms with E-state index in [1.54, 1.807) is 7.11 Å². The monoisotopic (exact) mass is 395 g/mol. The summed E-state index contributed by atoms with van der Waals surface area (Å²) < 4.78 is 5.20. The third kappa shape index (κ3) is 5.50. The van der Waals surface area contributed by atoms with Gasteiger partial charge in [0.25, 0.3) is 0 Å². The molecule has 6 nitrogen and oxygen atoms in total. The van der Waals surface area contributed by atoms with Crippen LogP contribution in [0.3, 0.4) is 0 Å². The van der Waals surface area contributed by atoms with Crippen molar-refractivity contribution in [3.63, 3.8) is 0 Å². The minimum absolute atomic E-state index is 0.000750. The average molecular weight is 396 g/mol. The zero-order chi connectivity index (χ0) is 20.8. The van der Waals surface area contributed by atoms with Crippen LogP contribution < -0.4 is 15.4 Å². The van der Waals surface area contributed by atoms with Gasteiger partial charge in [-0.05, 0) is 49.9 Å². The Morgan fingerprint density at radius 3 is 2.38 bits per heavy atom. The molecule has 3 amide bonds. The van der Waals surface area contributed by atoms with Crippen molar-refractivity contribution in [3.8, 4) is 5.75 Å². The number of aryl methyl sites for hydroxylation is 1. The average Bonchev–Trinajstić information content (AvgIpc) is 2.75. The van der Waals surface area contributed by atoms with Crippen LogP contribution in [0.5, 0.6) is 5.75 Å². The minimum Gasteiger partial charge on any atom is -0.497 e. The van der Waals surface area contributed by atoms with E-state index in [0.29, 0.717) is 18.8 Å². The van der Waals surface area contributed by atoms with Crippen LogP contribution in [0.15, 0.2) is 48.5 Å². The van der Waals surface area contributed by atoms with Crippen LogP contribution in [0, 0.1) is 18.8 Å². The number of carbonyl (C=O) groups excluding carboxylic acids is 2. The van der Waals surface area contributed by atoms with Crippen molar-refractivity contribution in [2.75, 3.05) is 30.8 Å². The van der Waals surface area contributed by atoms with Crippen molar-refractivity contribution in [2.45, 2.75) is 26.7 Å². The SMILES string of the molecule is COc1cccc(NC(=O)[C@H](C)C2CCN(C(=O)Nc3ccc(C)cc3)CC2)c1. The van der Waals surface area contributed by atoms with E-state index in [0.717, 1.165) is 29.8 Å². The number of amides is 3. The molecule has 1 heterocycles. The Bertz CT molecular complexity index is 843. The number of nitrogens with one attached hydrogen (secondary N) is 2. The number of carbonyl (C=O) groups is 2. The number of anilines is 2. The molecule has 3 rings (SSSR count). The molecule has 0 aliphatic carbocycles. The number of ether oxygens (including phenoxy) is 1. The molecule has 0 aromatic heterocycles. The van der Waals surface area contributed by atoms with Crippen molar-refractivity contribution in [2.24, 2.45) is 11.8 Å². The molecule has 6 heteroatoms. The van der Waals surface area contributed by atoms with Gasteiger partial charge in [0, 0.05) is 36.4 Å². The first-order chi connectivity index (χ1) is 14.0. The fourth-order valence-electron chi connectivity index (χ4n) is 3.61. The zero-order valence-corrected chi connectivity index (χ0v) is 17.3. The quantitative estimate of drug-likeness (QED) is 0.782. The van der Waals surface area contributed by atoms with Gasteiger partial charge in [-0.3, -0.25) is 4.79 Å². The highest BCUT2D eigenvalue weighted by Crippen LogP contribution is 2.27. The van der Waals surface area contributed by atoms with E-state index in [4.69, 9.17) is 4.74 Å². The van der Waals surface area contributed by atoms with Gasteiger partial charge in [-0.25, -0.2) is 4.79 Å². The third-order valence-electron chi connectivity index (χ3n) is 5.59. The summed E-state index contributed by atoms with van der Waals surface area (Å²) in [5, 5.41) is 5.92. The number of hydrogen-bond acceptors (Lipinski definition) is 3. The molecule has 0 spiro atoms. The first-order valence-electron chi connectivity index (χ1n) is 10.0. The number of rotatable bonds is 5. The lowest BCUT2D eigenvalue weighted by Crippen LogP contribution is -2.43. The Morgan fingerprint density at radius 2 is 1.72 bits per heavy atom. The smallest absolute Gasteiger partial charge is 0.321 e. The second-order valence-electron chi connectivity index (χ2n) is 7.63. The van der Waals surface area contributed by atoms with Crippen LogP contribution in [-0.2, 0) is 4.79 Å². The number of urea groups is 1. The molecule has 2 N–H and O–H groups in total. The maximum atomic E-state index is 12.7. The molecule has 2 aromatic rings. The standard InChI is InChI=1S/C23H29N3O3/c1-16-7-9-19(10-8-16)25-23(28)26-13-11-18(12-14-26)17(2)22(27)24-20-5-4-6-21(15-20)29-3/h4-10,15,17-18H,11-14H2,1-3H3,(H,24,27)(H,25,28)/t17-/m1/s1. The van der Waals surface area contributed by atoms with Crippen molar-refractivity contribution < 1.29 is 14.3 Å². The van der Waals surface area contributed by atoms with Gasteiger partial charge in [0.05, 0.1) is 7.11 Å². The molecular weight excluding hydrogens is 366 g/mol. The molecule has 0 radical (unpaired) electrons. The Hall–Kier alpha value is -3.02. The molecule has 1 fully saturated rings. The number of piperidine rings is 1. The fraction of sp³-hybridized carbons (Fsp3) is 0.391. The zero-order valence-electron chi connectivity index (χ0n) is 17.3. The molecule has 1 aliphatic rings. The van der Waals surface area contributed by atoms with E-state index < -0.39 is 0 Å². The predicted molar refractivity (Wildman–Crippen MR) is 115 cm³/mol. The summed E-state index contributed by atoms with van der Waals surface area (Å²) in [7, 11) is 1.60. The van der Waals surface area contributed by atoms with Crippen LogP contribution in [0.25, 0.3) is 0 Å². The van der Waals surface area contributed by atoms with Gasteiger partial charge in [-0.2, -0.15) is 0 Å². The van der Waals surface area contributed by atoms with Gasteiger partial charge in [0.2, 0.25) is 5.91 Å². The molecule has 1 atom stereocenters. The van der Waals surface area contributed by atoms with E-state index in [1.807, 2.05) is 67.3 Å². The molecule has 0 unspecified atom stereocenters. The van der Waals surface area contributed by atoms with Crippen molar-refractivity contribution in [1.82, 2.24) is 4.90 Å². The number of nitrogens with zero attached hydrogens (tertiary/aromatic N) is 1. The van der Waals surface area contributed by atoms with Crippen LogP contribution in [-0.4, -0.2) is 37.0 Å². The third-order valence-corrected chi connectivity index (χ3v) is 5.59. The summed E-state index contributed by atoms with van der Waals surface area (Å²) in [4.78, 5) is 27.0. The topological polar surface area (TPSA) is 70.7 Å². The Kier molecular flexibility index (Phi) is 6.75. The largest absolute Gasteiger partial charge is 0.497 e. The summed E-state index contributed by atoms with van der Waals surface area (Å²) >= 11 is 0. The van der Waals surface area contributed by atoms with Crippen molar-refractivity contribution in [1.29, 1.82) is 0 Å². The Labute approximate surface area is 172 Å². The first kappa shape index (κ1) is 20.7. The van der Waals surface area contributed by atoms with Gasteiger partial charge in [-0.15, -0.1) is 0 Å². The van der Waals surface area contributed by atoms with Gasteiger partial charge in [0.15, 0.2) is 0 Å². The predicted octanol–water partition coefficient (Wildman–Crippen LogP) is 4.52. The summed E-state index contributed by atoms with van der Waals surface area (Å²) in [6, 6.07) is 15.0. The summed E-state index contributed by atoms with van der Waals surface area (Å²) in [5.74, 6) is 0.844. The molecule has 1 saturated heterocycles. The van der Waals surface area contributed by atoms with Crippen LogP contribution >= 0.6 is 0 Å². The van der Waals surface area contributed by atoms with Gasteiger partial charge in [0.1, 0.15) is 5.75 Å². The molecule has 2 aromatic carbocycles. The molecule has 0 bridgehead atoms. The summed E-state index contributed by atoms with van der Waals surface area (Å²) in [5.41, 5.74) is 2.69. The summed E-state index contributed by atoms with van der Waals surface area (Å²) in [6.45, 7) is 5.28. The number of benzene rings is 2. The van der Waals surface area contributed by atoms with E-state index in [1.165, 1.54) is 0 Å². The maximum Gasteiger partial charge on any atom is 0.321 e. The number of methoxy groups -OCH3 is 1. The minimum atomic E-state index is -0.122. The Balaban J connectivity index is 1.49. The fourth-order valence-corrected chi connectivity index (χ4v) is 3.61. The molecule has 1 aliphatic heterocycles. The molecule has 29 heavy (non-hydrogen) atoms. The Morgan fingerprint density at radius 1 is 1.03 bits per heavy atom. The van der Waals surface area contributed by atoms with E-state index in [2.05, 4.69) is 10.6 Å². The van der Waals surface area contributed by atoms with Gasteiger partial charge < -0.3 is 20.3 Å². The lowest BCUT2D eigenvalue weighted by molar-refractivity contribution is -0.121. The van der Waals surface area contributed by atoms with Crippen LogP contribution in [0.2, 0.25) is 0 Å². The van der Waals surface area contributed by atoms with Crippen molar-refractivity contribution in [3.05, 3.63) is 54.1 Å². The lowest BCUT2D eigenvalue weighted by Gasteiger charge is -2.34. The van der Waals surface area contributed by atoms with E-state index in [9.17, 15) is 9.59 Å². The van der Waals surface area contributed by atoms with Crippen LogP contribution in [0.1, 0.15) is 25.3 Å². The van der Waals surface area contributed by atoms with E-state index >= 15 is 0 Å². The first-order valence-corrected chi connectivity index (χ1v) is 10.0. The normalized spacial score (nSPS) is 15.5. The maximum absolute atomic E-state index is 12.7. The highest BCUT2D eigenvalue weighted by atomic mass is 16.5. The highest BCUT2D eigenvalue weighted by molar-refractivity contribution is 5.93. The molecular formula is C23H29N3O3. The van der Waals surface area contributed by atoms with Gasteiger partial charge in [-0.1, -0.05) is 30.7 Å². The molecule has 0 saturated carbocycles. The second-order valence-corrected chi connectivity index (χ2v) is 7.63. The second kappa shape index (κ2) is 9.45. The van der Waals surface area contributed by atoms with Gasteiger partial charge >= 0.3 is 6.03 Å². The number of hydrogen-bond donors (Lipinski definition) is 2. The molecule has 154 valence electrons. The number of likely N-dealkylation sites (tertiary alicyclic amines) is 1. The van der Waals surface area contributed by atoms with E-state index in [-0.39, 0.29) is 23.8 Å². The van der Waals surface area contributed by atoms with Crippen molar-refractivity contribution >= 4 is 23.3 Å².